The molecule has 0 atom stereocenters. The van der Waals surface area contributed by atoms with Crippen LogP contribution in [0.3, 0.4) is 0 Å². The second kappa shape index (κ2) is 9.32. The largest absolute Gasteiger partial charge is 0.416 e. The van der Waals surface area contributed by atoms with Crippen LogP contribution in [0.4, 0.5) is 13.2 Å². The molecule has 0 aliphatic carbocycles. The second-order valence-electron chi connectivity index (χ2n) is 7.26. The fourth-order valence-electron chi connectivity index (χ4n) is 3.70. The lowest BCUT2D eigenvalue weighted by Crippen LogP contribution is -2.57. The number of carbonyl (C=O) groups is 2. The normalized spacial score (nSPS) is 19.4. The summed E-state index contributed by atoms with van der Waals surface area (Å²) in [6, 6.07) is 4.19. The van der Waals surface area contributed by atoms with Crippen molar-refractivity contribution in [1.82, 2.24) is 9.80 Å². The highest BCUT2D eigenvalue weighted by atomic mass is 35.5. The quantitative estimate of drug-likeness (QED) is 0.789. The first-order valence-electron chi connectivity index (χ1n) is 9.30. The van der Waals surface area contributed by atoms with Crippen LogP contribution in [-0.2, 0) is 15.7 Å². The van der Waals surface area contributed by atoms with E-state index in [1.807, 2.05) is 0 Å². The number of alkyl halides is 3. The van der Waals surface area contributed by atoms with E-state index in [-0.39, 0.29) is 36.3 Å². The van der Waals surface area contributed by atoms with Crippen molar-refractivity contribution < 1.29 is 27.5 Å². The molecule has 162 valence electrons. The Hall–Kier alpha value is -1.84. The Morgan fingerprint density at radius 3 is 2.00 bits per heavy atom. The third-order valence-corrected chi connectivity index (χ3v) is 5.61. The molecule has 2 N–H and O–H groups in total. The van der Waals surface area contributed by atoms with Crippen LogP contribution >= 0.6 is 12.4 Å². The Morgan fingerprint density at radius 1 is 1.00 bits per heavy atom. The topological polar surface area (TPSA) is 75.9 Å². The number of ether oxygens (including phenoxy) is 1. The van der Waals surface area contributed by atoms with Crippen molar-refractivity contribution in [2.24, 2.45) is 11.1 Å². The fourth-order valence-corrected chi connectivity index (χ4v) is 3.70. The summed E-state index contributed by atoms with van der Waals surface area (Å²) in [6.07, 6.45) is -3.25. The van der Waals surface area contributed by atoms with Gasteiger partial charge >= 0.3 is 6.18 Å². The molecule has 10 heteroatoms. The van der Waals surface area contributed by atoms with E-state index in [0.29, 0.717) is 52.2 Å². The van der Waals surface area contributed by atoms with Gasteiger partial charge in [0, 0.05) is 51.5 Å². The molecule has 3 rings (SSSR count). The van der Waals surface area contributed by atoms with E-state index < -0.39 is 17.2 Å². The maximum Gasteiger partial charge on any atom is 0.416 e. The third-order valence-electron chi connectivity index (χ3n) is 5.61. The van der Waals surface area contributed by atoms with Gasteiger partial charge < -0.3 is 20.3 Å². The highest BCUT2D eigenvalue weighted by Gasteiger charge is 2.42. The van der Waals surface area contributed by atoms with E-state index in [0.717, 1.165) is 12.1 Å². The summed E-state index contributed by atoms with van der Waals surface area (Å²) in [5, 5.41) is 0. The number of carbonyl (C=O) groups excluding carboxylic acids is 2. The minimum Gasteiger partial charge on any atom is -0.381 e. The molecule has 0 aromatic heterocycles. The van der Waals surface area contributed by atoms with Gasteiger partial charge in [0.05, 0.1) is 11.0 Å². The lowest BCUT2D eigenvalue weighted by molar-refractivity contribution is -0.148. The van der Waals surface area contributed by atoms with Crippen molar-refractivity contribution in [2.45, 2.75) is 19.0 Å². The maximum atomic E-state index is 13.0. The zero-order valence-corrected chi connectivity index (χ0v) is 16.7. The average molecular weight is 436 g/mol. The van der Waals surface area contributed by atoms with E-state index in [4.69, 9.17) is 10.5 Å². The summed E-state index contributed by atoms with van der Waals surface area (Å²) in [5.74, 6) is -0.333. The molecule has 1 aromatic carbocycles. The van der Waals surface area contributed by atoms with Crippen LogP contribution in [0.25, 0.3) is 0 Å². The summed E-state index contributed by atoms with van der Waals surface area (Å²) < 4.78 is 43.3. The molecular formula is C19H25ClF3N3O3. The molecule has 1 aromatic rings. The van der Waals surface area contributed by atoms with Crippen molar-refractivity contribution in [3.05, 3.63) is 35.4 Å². The lowest BCUT2D eigenvalue weighted by Gasteiger charge is -2.42. The Labute approximate surface area is 173 Å². The van der Waals surface area contributed by atoms with Gasteiger partial charge in [-0.3, -0.25) is 9.59 Å². The molecule has 2 heterocycles. The lowest BCUT2D eigenvalue weighted by atomic mass is 9.78. The number of hydrogen-bond acceptors (Lipinski definition) is 4. The van der Waals surface area contributed by atoms with Crippen LogP contribution in [0.1, 0.15) is 28.8 Å². The smallest absolute Gasteiger partial charge is 0.381 e. The van der Waals surface area contributed by atoms with Crippen LogP contribution in [0, 0.1) is 5.41 Å². The van der Waals surface area contributed by atoms with Crippen LogP contribution in [0.5, 0.6) is 0 Å². The molecule has 0 saturated carbocycles. The first-order valence-corrected chi connectivity index (χ1v) is 9.30. The van der Waals surface area contributed by atoms with E-state index >= 15 is 0 Å². The minimum atomic E-state index is -4.43. The molecular weight excluding hydrogens is 411 g/mol. The van der Waals surface area contributed by atoms with Gasteiger partial charge in [0.1, 0.15) is 0 Å². The van der Waals surface area contributed by atoms with Gasteiger partial charge in [-0.2, -0.15) is 13.2 Å². The number of piperazine rings is 1. The van der Waals surface area contributed by atoms with E-state index in [1.165, 1.54) is 12.1 Å². The van der Waals surface area contributed by atoms with Gasteiger partial charge in [0.15, 0.2) is 0 Å². The van der Waals surface area contributed by atoms with Crippen LogP contribution in [-0.4, -0.2) is 67.6 Å². The summed E-state index contributed by atoms with van der Waals surface area (Å²) >= 11 is 0. The Bertz CT molecular complexity index is 714. The molecule has 0 spiro atoms. The Morgan fingerprint density at radius 2 is 1.52 bits per heavy atom. The van der Waals surface area contributed by atoms with Crippen molar-refractivity contribution in [3.8, 4) is 0 Å². The summed E-state index contributed by atoms with van der Waals surface area (Å²) in [5.41, 5.74) is 4.71. The molecule has 2 saturated heterocycles. The molecule has 6 nitrogen and oxygen atoms in total. The zero-order chi connectivity index (χ0) is 20.4. The van der Waals surface area contributed by atoms with Crippen molar-refractivity contribution in [3.63, 3.8) is 0 Å². The fraction of sp³-hybridized carbons (Fsp3) is 0.579. The SMILES string of the molecule is Cl.NCC1(C(=O)N2CCN(C(=O)c3ccc(C(F)(F)F)cc3)CC2)CCOCC1. The molecule has 29 heavy (non-hydrogen) atoms. The molecule has 2 fully saturated rings. The van der Waals surface area contributed by atoms with Gasteiger partial charge in [-0.1, -0.05) is 0 Å². The van der Waals surface area contributed by atoms with Crippen molar-refractivity contribution in [2.75, 3.05) is 45.9 Å². The maximum absolute atomic E-state index is 13.0. The van der Waals surface area contributed by atoms with Crippen LogP contribution in [0.2, 0.25) is 0 Å². The van der Waals surface area contributed by atoms with E-state index in [2.05, 4.69) is 0 Å². The number of nitrogens with zero attached hydrogens (tertiary/aromatic N) is 2. The van der Waals surface area contributed by atoms with Crippen LogP contribution in [0.15, 0.2) is 24.3 Å². The molecule has 2 amide bonds. The number of halogens is 4. The third kappa shape index (κ3) is 5.02. The predicted octanol–water partition coefficient (Wildman–Crippen LogP) is 2.17. The minimum absolute atomic E-state index is 0. The molecule has 0 unspecified atom stereocenters. The van der Waals surface area contributed by atoms with Crippen molar-refractivity contribution >= 4 is 24.2 Å². The molecule has 0 bridgehead atoms. The second-order valence-corrected chi connectivity index (χ2v) is 7.26. The number of amides is 2. The number of nitrogens with two attached hydrogens (primary N) is 1. The molecule has 2 aliphatic heterocycles. The highest BCUT2D eigenvalue weighted by molar-refractivity contribution is 5.94. The summed E-state index contributed by atoms with van der Waals surface area (Å²) in [6.45, 7) is 2.72. The Kier molecular flexibility index (Phi) is 7.53. The molecule has 2 aliphatic rings. The Balaban J connectivity index is 0.00000300. The number of rotatable bonds is 3. The van der Waals surface area contributed by atoms with Gasteiger partial charge in [-0.05, 0) is 37.1 Å². The first-order chi connectivity index (χ1) is 13.3. The first kappa shape index (κ1) is 23.4. The molecule has 0 radical (unpaired) electrons. The number of benzene rings is 1. The van der Waals surface area contributed by atoms with Crippen LogP contribution < -0.4 is 5.73 Å². The van der Waals surface area contributed by atoms with Gasteiger partial charge in [0.25, 0.3) is 5.91 Å². The average Bonchev–Trinajstić information content (AvgIpc) is 2.73. The zero-order valence-electron chi connectivity index (χ0n) is 15.9. The summed E-state index contributed by atoms with van der Waals surface area (Å²) in [7, 11) is 0. The van der Waals surface area contributed by atoms with Gasteiger partial charge in [-0.25, -0.2) is 0 Å². The van der Waals surface area contributed by atoms with Crippen molar-refractivity contribution in [1.29, 1.82) is 0 Å². The monoisotopic (exact) mass is 435 g/mol. The van der Waals surface area contributed by atoms with E-state index in [1.54, 1.807) is 9.80 Å². The van der Waals surface area contributed by atoms with Gasteiger partial charge in [-0.15, -0.1) is 12.4 Å². The standard InChI is InChI=1S/C19H24F3N3O3.ClH/c20-19(21,22)15-3-1-14(2-4-15)16(26)24-7-9-25(10-8-24)17(27)18(13-23)5-11-28-12-6-18;/h1-4H,5-13,23H2;1H. The predicted molar refractivity (Wildman–Crippen MR) is 103 cm³/mol. The van der Waals surface area contributed by atoms with Gasteiger partial charge in [0.2, 0.25) is 5.91 Å². The highest BCUT2D eigenvalue weighted by Crippen LogP contribution is 2.32. The number of hydrogen-bond donors (Lipinski definition) is 1. The summed E-state index contributed by atoms with van der Waals surface area (Å²) in [4.78, 5) is 28.8. The van der Waals surface area contributed by atoms with E-state index in [9.17, 15) is 22.8 Å².